The van der Waals surface area contributed by atoms with Gasteiger partial charge in [-0.05, 0) is 55.6 Å². The third-order valence-electron chi connectivity index (χ3n) is 6.76. The molecule has 0 saturated heterocycles. The van der Waals surface area contributed by atoms with Crippen LogP contribution in [0, 0.1) is 11.8 Å². The second-order valence-corrected chi connectivity index (χ2v) is 8.65. The van der Waals surface area contributed by atoms with Crippen LogP contribution in [-0.4, -0.2) is 29.5 Å². The average molecular weight is 395 g/mol. The van der Waals surface area contributed by atoms with Crippen molar-refractivity contribution in [3.63, 3.8) is 0 Å². The SMILES string of the molecule is CC1CCCC(NC(=O)COC(=O)c2c3c(nc4ccccc24)CCCC3)C1C. The molecule has 1 N–H and O–H groups in total. The van der Waals surface area contributed by atoms with Gasteiger partial charge in [-0.15, -0.1) is 0 Å². The fourth-order valence-electron chi connectivity index (χ4n) is 4.84. The van der Waals surface area contributed by atoms with E-state index in [4.69, 9.17) is 9.72 Å². The highest BCUT2D eigenvalue weighted by Gasteiger charge is 2.29. The van der Waals surface area contributed by atoms with E-state index in [0.29, 0.717) is 17.4 Å². The van der Waals surface area contributed by atoms with Crippen LogP contribution in [0.5, 0.6) is 0 Å². The summed E-state index contributed by atoms with van der Waals surface area (Å²) in [6, 6.07) is 7.85. The Labute approximate surface area is 172 Å². The molecule has 1 heterocycles. The highest BCUT2D eigenvalue weighted by atomic mass is 16.5. The number of fused-ring (bicyclic) bond motifs is 2. The van der Waals surface area contributed by atoms with Gasteiger partial charge in [0.1, 0.15) is 0 Å². The van der Waals surface area contributed by atoms with Gasteiger partial charge in [0.05, 0.1) is 11.1 Å². The topological polar surface area (TPSA) is 68.3 Å². The van der Waals surface area contributed by atoms with Gasteiger partial charge in [-0.2, -0.15) is 0 Å². The van der Waals surface area contributed by atoms with Crippen molar-refractivity contribution in [2.45, 2.75) is 64.8 Å². The van der Waals surface area contributed by atoms with Gasteiger partial charge in [0.15, 0.2) is 6.61 Å². The van der Waals surface area contributed by atoms with Crippen LogP contribution in [0.2, 0.25) is 0 Å². The second kappa shape index (κ2) is 8.52. The van der Waals surface area contributed by atoms with Crippen molar-refractivity contribution in [2.24, 2.45) is 11.8 Å². The molecular weight excluding hydrogens is 364 g/mol. The first-order chi connectivity index (χ1) is 14.0. The van der Waals surface area contributed by atoms with Crippen LogP contribution < -0.4 is 5.32 Å². The predicted octanol–water partition coefficient (Wildman–Crippen LogP) is 4.21. The molecule has 1 amide bonds. The van der Waals surface area contributed by atoms with E-state index in [1.165, 1.54) is 6.42 Å². The van der Waals surface area contributed by atoms with Crippen molar-refractivity contribution in [3.8, 4) is 0 Å². The Kier molecular flexibility index (Phi) is 5.84. The molecule has 3 atom stereocenters. The first kappa shape index (κ1) is 19.9. The van der Waals surface area contributed by atoms with E-state index in [0.717, 1.165) is 60.7 Å². The standard InChI is InChI=1S/C24H30N2O3/c1-15-8-7-13-19(16(15)2)26-22(27)14-29-24(28)23-17-9-3-5-11-20(17)25-21-12-6-4-10-18(21)23/h3,5,9,11,15-16,19H,4,6-8,10,12-14H2,1-2H3,(H,26,27). The van der Waals surface area contributed by atoms with E-state index in [1.807, 2.05) is 24.3 Å². The molecule has 1 aromatic carbocycles. The summed E-state index contributed by atoms with van der Waals surface area (Å²) < 4.78 is 5.49. The van der Waals surface area contributed by atoms with Crippen LogP contribution in [0.25, 0.3) is 10.9 Å². The summed E-state index contributed by atoms with van der Waals surface area (Å²) in [7, 11) is 0. The van der Waals surface area contributed by atoms with Gasteiger partial charge in [-0.25, -0.2) is 4.79 Å². The van der Waals surface area contributed by atoms with Gasteiger partial charge in [-0.3, -0.25) is 9.78 Å². The number of hydrogen-bond acceptors (Lipinski definition) is 4. The molecule has 1 fully saturated rings. The smallest absolute Gasteiger partial charge is 0.339 e. The van der Waals surface area contributed by atoms with Gasteiger partial charge in [0, 0.05) is 17.1 Å². The summed E-state index contributed by atoms with van der Waals surface area (Å²) in [6.45, 7) is 4.19. The van der Waals surface area contributed by atoms with Crippen LogP contribution in [0.15, 0.2) is 24.3 Å². The summed E-state index contributed by atoms with van der Waals surface area (Å²) >= 11 is 0. The van der Waals surface area contributed by atoms with E-state index in [-0.39, 0.29) is 18.6 Å². The maximum Gasteiger partial charge on any atom is 0.339 e. The lowest BCUT2D eigenvalue weighted by atomic mass is 9.78. The van der Waals surface area contributed by atoms with Crippen LogP contribution >= 0.6 is 0 Å². The molecule has 0 aliphatic heterocycles. The summed E-state index contributed by atoms with van der Waals surface area (Å²) in [5.74, 6) is 0.421. The maximum atomic E-state index is 13.0. The number of esters is 1. The molecule has 0 bridgehead atoms. The highest BCUT2D eigenvalue weighted by molar-refractivity contribution is 6.05. The van der Waals surface area contributed by atoms with E-state index >= 15 is 0 Å². The van der Waals surface area contributed by atoms with E-state index in [2.05, 4.69) is 19.2 Å². The molecule has 1 aromatic heterocycles. The number of aryl methyl sites for hydroxylation is 1. The molecule has 5 heteroatoms. The Morgan fingerprint density at radius 2 is 1.90 bits per heavy atom. The maximum absolute atomic E-state index is 13.0. The number of carbonyl (C=O) groups is 2. The molecular formula is C24H30N2O3. The van der Waals surface area contributed by atoms with E-state index in [1.54, 1.807) is 0 Å². The zero-order valence-corrected chi connectivity index (χ0v) is 17.4. The number of nitrogens with one attached hydrogen (secondary N) is 1. The monoisotopic (exact) mass is 394 g/mol. The molecule has 3 unspecified atom stereocenters. The lowest BCUT2D eigenvalue weighted by Crippen LogP contribution is -2.45. The fraction of sp³-hybridized carbons (Fsp3) is 0.542. The van der Waals surface area contributed by atoms with Crippen molar-refractivity contribution < 1.29 is 14.3 Å². The average Bonchev–Trinajstić information content (AvgIpc) is 2.73. The lowest BCUT2D eigenvalue weighted by Gasteiger charge is -2.34. The van der Waals surface area contributed by atoms with Gasteiger partial charge in [-0.1, -0.05) is 44.9 Å². The second-order valence-electron chi connectivity index (χ2n) is 8.65. The number of pyridine rings is 1. The Balaban J connectivity index is 1.49. The zero-order valence-electron chi connectivity index (χ0n) is 17.4. The number of hydrogen-bond donors (Lipinski definition) is 1. The van der Waals surface area contributed by atoms with Crippen LogP contribution in [0.1, 0.15) is 67.6 Å². The fourth-order valence-corrected chi connectivity index (χ4v) is 4.84. The Bertz CT molecular complexity index is 924. The Morgan fingerprint density at radius 3 is 2.76 bits per heavy atom. The number of nitrogens with zero attached hydrogens (tertiary/aromatic N) is 1. The van der Waals surface area contributed by atoms with Crippen LogP contribution in [0.4, 0.5) is 0 Å². The number of benzene rings is 1. The summed E-state index contributed by atoms with van der Waals surface area (Å²) in [4.78, 5) is 30.2. The number of amides is 1. The van der Waals surface area contributed by atoms with Crippen molar-refractivity contribution >= 4 is 22.8 Å². The van der Waals surface area contributed by atoms with Gasteiger partial charge >= 0.3 is 5.97 Å². The normalized spacial score (nSPS) is 24.0. The quantitative estimate of drug-likeness (QED) is 0.789. The van der Waals surface area contributed by atoms with Crippen molar-refractivity contribution in [1.29, 1.82) is 0 Å². The molecule has 0 spiro atoms. The van der Waals surface area contributed by atoms with Crippen molar-refractivity contribution in [2.75, 3.05) is 6.61 Å². The molecule has 154 valence electrons. The molecule has 2 aromatic rings. The number of aromatic nitrogens is 1. The minimum atomic E-state index is -0.415. The Hall–Kier alpha value is -2.43. The third-order valence-corrected chi connectivity index (χ3v) is 6.76. The number of para-hydroxylation sites is 1. The predicted molar refractivity (Wildman–Crippen MR) is 113 cm³/mol. The molecule has 2 aliphatic carbocycles. The largest absolute Gasteiger partial charge is 0.452 e. The molecule has 5 nitrogen and oxygen atoms in total. The molecule has 29 heavy (non-hydrogen) atoms. The van der Waals surface area contributed by atoms with Gasteiger partial charge in [0.25, 0.3) is 5.91 Å². The molecule has 2 aliphatic rings. The van der Waals surface area contributed by atoms with Crippen molar-refractivity contribution in [1.82, 2.24) is 10.3 Å². The summed E-state index contributed by atoms with van der Waals surface area (Å²) in [5.41, 5.74) is 3.40. The number of rotatable bonds is 4. The van der Waals surface area contributed by atoms with E-state index in [9.17, 15) is 9.59 Å². The lowest BCUT2D eigenvalue weighted by molar-refractivity contribution is -0.125. The van der Waals surface area contributed by atoms with Crippen molar-refractivity contribution in [3.05, 3.63) is 41.1 Å². The summed E-state index contributed by atoms with van der Waals surface area (Å²) in [5, 5.41) is 3.89. The van der Waals surface area contributed by atoms with Gasteiger partial charge in [0.2, 0.25) is 0 Å². The minimum absolute atomic E-state index is 0.166. The minimum Gasteiger partial charge on any atom is -0.452 e. The van der Waals surface area contributed by atoms with Crippen LogP contribution in [0.3, 0.4) is 0 Å². The van der Waals surface area contributed by atoms with Crippen LogP contribution in [-0.2, 0) is 22.4 Å². The summed E-state index contributed by atoms with van der Waals surface area (Å²) in [6.07, 6.45) is 7.19. The van der Waals surface area contributed by atoms with Gasteiger partial charge < -0.3 is 10.1 Å². The molecule has 0 radical (unpaired) electrons. The molecule has 4 rings (SSSR count). The highest BCUT2D eigenvalue weighted by Crippen LogP contribution is 2.31. The first-order valence-electron chi connectivity index (χ1n) is 10.9. The first-order valence-corrected chi connectivity index (χ1v) is 10.9. The Morgan fingerprint density at radius 1 is 1.10 bits per heavy atom. The molecule has 1 saturated carbocycles. The zero-order chi connectivity index (χ0) is 20.4. The van der Waals surface area contributed by atoms with E-state index < -0.39 is 5.97 Å². The number of carbonyl (C=O) groups excluding carboxylic acids is 2. The number of ether oxygens (including phenoxy) is 1. The third kappa shape index (κ3) is 4.14.